The van der Waals surface area contributed by atoms with Gasteiger partial charge in [-0.3, -0.25) is 9.59 Å². The summed E-state index contributed by atoms with van der Waals surface area (Å²) in [7, 11) is 0. The standard InChI is InChI=1S/C33H37NO5/c1-7-38-26-11-9-10-22(19-26)20-34-29(23-12-15-25(16-13-23)33(4,5)6)28(31(36)32(34)37)30(35)24-14-17-27(39-8-2)21(3)18-24/h9-19,29,35H,7-8,20H2,1-6H3/b30-28-. The van der Waals surface area contributed by atoms with Crippen LogP contribution in [0.2, 0.25) is 0 Å². The van der Waals surface area contributed by atoms with Crippen LogP contribution in [0.3, 0.4) is 0 Å². The normalized spacial score (nSPS) is 17.0. The maximum atomic E-state index is 13.5. The van der Waals surface area contributed by atoms with Gasteiger partial charge in [0.2, 0.25) is 0 Å². The Morgan fingerprint density at radius 1 is 0.923 bits per heavy atom. The molecule has 1 fully saturated rings. The SMILES string of the molecule is CCOc1cccc(CN2C(=O)C(=O)/C(=C(\O)c3ccc(OCC)c(C)c3)C2c2ccc(C(C)(C)C)cc2)c1. The average molecular weight is 528 g/mol. The maximum absolute atomic E-state index is 13.5. The minimum absolute atomic E-state index is 0.0557. The highest BCUT2D eigenvalue weighted by atomic mass is 16.5. The third-order valence-electron chi connectivity index (χ3n) is 6.94. The molecule has 1 aliphatic rings. The van der Waals surface area contributed by atoms with Crippen molar-refractivity contribution in [2.45, 2.75) is 59.5 Å². The fourth-order valence-corrected chi connectivity index (χ4v) is 4.92. The Labute approximate surface area is 230 Å². The molecule has 3 aromatic rings. The quantitative estimate of drug-likeness (QED) is 0.200. The van der Waals surface area contributed by atoms with E-state index in [4.69, 9.17) is 9.47 Å². The van der Waals surface area contributed by atoms with E-state index < -0.39 is 17.7 Å². The molecule has 1 heterocycles. The van der Waals surface area contributed by atoms with Crippen LogP contribution in [0.15, 0.2) is 72.3 Å². The zero-order valence-electron chi connectivity index (χ0n) is 23.6. The van der Waals surface area contributed by atoms with Gasteiger partial charge >= 0.3 is 0 Å². The molecular weight excluding hydrogens is 490 g/mol. The first-order chi connectivity index (χ1) is 18.5. The number of benzene rings is 3. The van der Waals surface area contributed by atoms with E-state index in [-0.39, 0.29) is 23.3 Å². The molecule has 204 valence electrons. The molecular formula is C33H37NO5. The molecule has 1 aliphatic heterocycles. The maximum Gasteiger partial charge on any atom is 0.295 e. The van der Waals surface area contributed by atoms with Gasteiger partial charge in [0.15, 0.2) is 0 Å². The molecule has 39 heavy (non-hydrogen) atoms. The Kier molecular flexibility index (Phi) is 8.14. The monoisotopic (exact) mass is 527 g/mol. The van der Waals surface area contributed by atoms with Gasteiger partial charge in [-0.2, -0.15) is 0 Å². The first-order valence-electron chi connectivity index (χ1n) is 13.4. The molecule has 3 aromatic carbocycles. The number of rotatable bonds is 8. The number of ketones is 1. The predicted molar refractivity (Wildman–Crippen MR) is 153 cm³/mol. The van der Waals surface area contributed by atoms with Crippen LogP contribution < -0.4 is 9.47 Å². The molecule has 4 rings (SSSR count). The first-order valence-corrected chi connectivity index (χ1v) is 13.4. The second kappa shape index (κ2) is 11.4. The number of likely N-dealkylation sites (tertiary alicyclic amines) is 1. The molecule has 0 radical (unpaired) electrons. The van der Waals surface area contributed by atoms with Crippen LogP contribution in [0, 0.1) is 6.92 Å². The van der Waals surface area contributed by atoms with Crippen LogP contribution in [0.5, 0.6) is 11.5 Å². The van der Waals surface area contributed by atoms with Crippen molar-refractivity contribution >= 4 is 17.4 Å². The van der Waals surface area contributed by atoms with Crippen LogP contribution in [0.1, 0.15) is 68.5 Å². The number of amides is 1. The molecule has 6 heteroatoms. The highest BCUT2D eigenvalue weighted by molar-refractivity contribution is 6.46. The van der Waals surface area contributed by atoms with E-state index in [1.54, 1.807) is 18.2 Å². The lowest BCUT2D eigenvalue weighted by atomic mass is 9.85. The summed E-state index contributed by atoms with van der Waals surface area (Å²) >= 11 is 0. The van der Waals surface area contributed by atoms with Crippen LogP contribution in [-0.4, -0.2) is 34.9 Å². The van der Waals surface area contributed by atoms with Gasteiger partial charge in [0.25, 0.3) is 11.7 Å². The lowest BCUT2D eigenvalue weighted by molar-refractivity contribution is -0.140. The van der Waals surface area contributed by atoms with Crippen LogP contribution in [0.4, 0.5) is 0 Å². The van der Waals surface area contributed by atoms with E-state index in [1.165, 1.54) is 4.90 Å². The molecule has 0 bridgehead atoms. The van der Waals surface area contributed by atoms with Crippen molar-refractivity contribution in [2.24, 2.45) is 0 Å². The van der Waals surface area contributed by atoms with Crippen LogP contribution >= 0.6 is 0 Å². The van der Waals surface area contributed by atoms with Gasteiger partial charge < -0.3 is 19.5 Å². The molecule has 1 unspecified atom stereocenters. The number of Topliss-reactive ketones (excluding diaryl/α,β-unsaturated/α-hetero) is 1. The fourth-order valence-electron chi connectivity index (χ4n) is 4.92. The Hall–Kier alpha value is -4.06. The van der Waals surface area contributed by atoms with Crippen molar-refractivity contribution in [3.63, 3.8) is 0 Å². The number of aliphatic hydroxyl groups is 1. The number of hydrogen-bond acceptors (Lipinski definition) is 5. The molecule has 0 spiro atoms. The Morgan fingerprint density at radius 3 is 2.23 bits per heavy atom. The summed E-state index contributed by atoms with van der Waals surface area (Å²) in [6.07, 6.45) is 0. The Morgan fingerprint density at radius 2 is 1.62 bits per heavy atom. The third-order valence-corrected chi connectivity index (χ3v) is 6.94. The minimum atomic E-state index is -0.748. The number of aliphatic hydroxyl groups excluding tert-OH is 1. The third kappa shape index (κ3) is 5.85. The molecule has 0 aliphatic carbocycles. The van der Waals surface area contributed by atoms with E-state index in [1.807, 2.05) is 69.3 Å². The molecule has 1 N–H and O–H groups in total. The van der Waals surface area contributed by atoms with Gasteiger partial charge in [-0.1, -0.05) is 57.2 Å². The zero-order chi connectivity index (χ0) is 28.3. The molecule has 0 saturated carbocycles. The molecule has 1 atom stereocenters. The van der Waals surface area contributed by atoms with Crippen LogP contribution in [-0.2, 0) is 21.5 Å². The van der Waals surface area contributed by atoms with Gasteiger partial charge in [0.05, 0.1) is 24.8 Å². The number of ether oxygens (including phenoxy) is 2. The Balaban J connectivity index is 1.83. The summed E-state index contributed by atoms with van der Waals surface area (Å²) in [6, 6.07) is 19.9. The van der Waals surface area contributed by atoms with E-state index in [2.05, 4.69) is 20.8 Å². The second-order valence-corrected chi connectivity index (χ2v) is 10.8. The van der Waals surface area contributed by atoms with Crippen molar-refractivity contribution in [3.05, 3.63) is 100 Å². The first kappa shape index (κ1) is 28.0. The number of carbonyl (C=O) groups excluding carboxylic acids is 2. The number of nitrogens with zero attached hydrogens (tertiary/aromatic N) is 1. The number of hydrogen-bond donors (Lipinski definition) is 1. The molecule has 1 amide bonds. The van der Waals surface area contributed by atoms with Crippen LogP contribution in [0.25, 0.3) is 5.76 Å². The largest absolute Gasteiger partial charge is 0.507 e. The molecule has 0 aromatic heterocycles. The second-order valence-electron chi connectivity index (χ2n) is 10.8. The van der Waals surface area contributed by atoms with Gasteiger partial charge in [0.1, 0.15) is 17.3 Å². The zero-order valence-corrected chi connectivity index (χ0v) is 23.6. The van der Waals surface area contributed by atoms with Gasteiger partial charge in [-0.05, 0) is 78.8 Å². The Bertz CT molecular complexity index is 1400. The predicted octanol–water partition coefficient (Wildman–Crippen LogP) is 6.71. The summed E-state index contributed by atoms with van der Waals surface area (Å²) in [5.41, 5.74) is 4.03. The van der Waals surface area contributed by atoms with Crippen molar-refractivity contribution in [2.75, 3.05) is 13.2 Å². The smallest absolute Gasteiger partial charge is 0.295 e. The van der Waals surface area contributed by atoms with E-state index >= 15 is 0 Å². The molecule has 1 saturated heterocycles. The lowest BCUT2D eigenvalue weighted by Crippen LogP contribution is -2.29. The summed E-state index contributed by atoms with van der Waals surface area (Å²) in [6.45, 7) is 13.3. The van der Waals surface area contributed by atoms with Gasteiger partial charge in [-0.15, -0.1) is 0 Å². The summed E-state index contributed by atoms with van der Waals surface area (Å²) < 4.78 is 11.3. The lowest BCUT2D eigenvalue weighted by Gasteiger charge is -2.27. The average Bonchev–Trinajstić information content (AvgIpc) is 3.14. The van der Waals surface area contributed by atoms with E-state index in [9.17, 15) is 14.7 Å². The fraction of sp³-hybridized carbons (Fsp3) is 0.333. The number of aryl methyl sites for hydroxylation is 1. The van der Waals surface area contributed by atoms with Crippen molar-refractivity contribution in [1.82, 2.24) is 4.90 Å². The van der Waals surface area contributed by atoms with Crippen molar-refractivity contribution in [3.8, 4) is 11.5 Å². The van der Waals surface area contributed by atoms with Gasteiger partial charge in [-0.25, -0.2) is 0 Å². The molecule has 6 nitrogen and oxygen atoms in total. The van der Waals surface area contributed by atoms with Crippen molar-refractivity contribution < 1.29 is 24.2 Å². The topological polar surface area (TPSA) is 76.1 Å². The van der Waals surface area contributed by atoms with Gasteiger partial charge in [0, 0.05) is 12.1 Å². The number of carbonyl (C=O) groups is 2. The summed E-state index contributed by atoms with van der Waals surface area (Å²) in [5.74, 6) is -0.147. The highest BCUT2D eigenvalue weighted by Gasteiger charge is 2.46. The van der Waals surface area contributed by atoms with Crippen molar-refractivity contribution in [1.29, 1.82) is 0 Å². The summed E-state index contributed by atoms with van der Waals surface area (Å²) in [4.78, 5) is 28.5. The highest BCUT2D eigenvalue weighted by Crippen LogP contribution is 2.41. The minimum Gasteiger partial charge on any atom is -0.507 e. The van der Waals surface area contributed by atoms with E-state index in [0.717, 1.165) is 22.3 Å². The summed E-state index contributed by atoms with van der Waals surface area (Å²) in [5, 5.41) is 11.5. The van der Waals surface area contributed by atoms with E-state index in [0.29, 0.717) is 30.3 Å².